The number of anilines is 1. The van der Waals surface area contributed by atoms with Gasteiger partial charge in [-0.3, -0.25) is 4.79 Å². The molecule has 0 spiro atoms. The smallest absolute Gasteiger partial charge is 0.464 e. The van der Waals surface area contributed by atoms with Crippen molar-refractivity contribution in [2.75, 3.05) is 12.4 Å². The van der Waals surface area contributed by atoms with Crippen LogP contribution in [0, 0.1) is 25.5 Å². The Morgan fingerprint density at radius 2 is 1.51 bits per heavy atom. The van der Waals surface area contributed by atoms with Gasteiger partial charge < -0.3 is 19.5 Å². The topological polar surface area (TPSA) is 86.8 Å². The first-order chi connectivity index (χ1) is 18.0. The molecule has 0 atom stereocenters. The monoisotopic (exact) mass is 564 g/mol. The molecule has 39 heavy (non-hydrogen) atoms. The number of pyridine rings is 1. The molecule has 0 bridgehead atoms. The summed E-state index contributed by atoms with van der Waals surface area (Å²) in [6.45, 7) is 2.38. The predicted molar refractivity (Wildman–Crippen MR) is 118 cm³/mol. The molecule has 0 radical (unpaired) electrons. The number of carbonyl (C=O) groups excluding carboxylic acids is 2. The summed E-state index contributed by atoms with van der Waals surface area (Å²) in [7, 11) is 1.05. The van der Waals surface area contributed by atoms with Gasteiger partial charge in [0, 0.05) is 17.4 Å². The number of esters is 1. The number of nitrogens with zero attached hydrogens (tertiary/aromatic N) is 1. The van der Waals surface area contributed by atoms with Gasteiger partial charge in [-0.2, -0.15) is 13.2 Å². The van der Waals surface area contributed by atoms with Gasteiger partial charge in [-0.1, -0.05) is 0 Å². The molecule has 0 aliphatic heterocycles. The molecule has 15 heteroatoms. The van der Waals surface area contributed by atoms with E-state index in [1.807, 2.05) is 0 Å². The molecule has 1 heterocycles. The molecule has 0 saturated heterocycles. The summed E-state index contributed by atoms with van der Waals surface area (Å²) >= 11 is 0. The van der Waals surface area contributed by atoms with Crippen molar-refractivity contribution in [2.45, 2.75) is 26.4 Å². The summed E-state index contributed by atoms with van der Waals surface area (Å²) in [6, 6.07) is 3.19. The van der Waals surface area contributed by atoms with Gasteiger partial charge >= 0.3 is 18.5 Å². The van der Waals surface area contributed by atoms with E-state index in [-0.39, 0.29) is 23.0 Å². The van der Waals surface area contributed by atoms with E-state index in [1.165, 1.54) is 6.92 Å². The third kappa shape index (κ3) is 6.53. The summed E-state index contributed by atoms with van der Waals surface area (Å²) in [5.41, 5.74) is -3.89. The van der Waals surface area contributed by atoms with Crippen LogP contribution in [-0.2, 0) is 10.9 Å². The normalized spacial score (nSPS) is 11.7. The van der Waals surface area contributed by atoms with Gasteiger partial charge in [0.1, 0.15) is 22.8 Å². The zero-order valence-corrected chi connectivity index (χ0v) is 20.0. The fraction of sp³-hybridized carbons (Fsp3) is 0.208. The lowest BCUT2D eigenvalue weighted by Gasteiger charge is -2.18. The second-order valence-electron chi connectivity index (χ2n) is 7.78. The first kappa shape index (κ1) is 29.1. The average Bonchev–Trinajstić information content (AvgIpc) is 2.83. The van der Waals surface area contributed by atoms with Crippen LogP contribution in [-0.4, -0.2) is 30.3 Å². The third-order valence-corrected chi connectivity index (χ3v) is 5.13. The second-order valence-corrected chi connectivity index (χ2v) is 7.78. The van der Waals surface area contributed by atoms with E-state index in [9.17, 15) is 40.3 Å². The van der Waals surface area contributed by atoms with Crippen LogP contribution in [0.1, 0.15) is 37.5 Å². The zero-order valence-electron chi connectivity index (χ0n) is 20.0. The number of halogens is 8. The zero-order chi connectivity index (χ0) is 29.3. The number of ether oxygens (including phenoxy) is 3. The van der Waals surface area contributed by atoms with Crippen LogP contribution < -0.4 is 14.8 Å². The van der Waals surface area contributed by atoms with Crippen molar-refractivity contribution in [2.24, 2.45) is 0 Å². The average molecular weight is 564 g/mol. The van der Waals surface area contributed by atoms with E-state index in [4.69, 9.17) is 4.74 Å². The molecule has 2 aromatic carbocycles. The third-order valence-electron chi connectivity index (χ3n) is 5.13. The summed E-state index contributed by atoms with van der Waals surface area (Å²) < 4.78 is 121. The van der Waals surface area contributed by atoms with Crippen molar-refractivity contribution in [3.8, 4) is 17.2 Å². The Labute approximate surface area is 214 Å². The predicted octanol–water partition coefficient (Wildman–Crippen LogP) is 6.73. The van der Waals surface area contributed by atoms with Crippen LogP contribution >= 0.6 is 0 Å². The molecule has 1 N–H and O–H groups in total. The van der Waals surface area contributed by atoms with Crippen molar-refractivity contribution < 1.29 is 58.9 Å². The number of methoxy groups -OCH3 is 1. The lowest BCUT2D eigenvalue weighted by Crippen LogP contribution is -2.20. The largest absolute Gasteiger partial charge is 0.573 e. The van der Waals surface area contributed by atoms with Gasteiger partial charge in [0.2, 0.25) is 0 Å². The number of nitrogens with one attached hydrogen (secondary N) is 1. The van der Waals surface area contributed by atoms with Crippen molar-refractivity contribution in [1.82, 2.24) is 4.98 Å². The van der Waals surface area contributed by atoms with Gasteiger partial charge in [-0.05, 0) is 49.7 Å². The number of hydrogen-bond donors (Lipinski definition) is 1. The molecule has 7 nitrogen and oxygen atoms in total. The molecule has 0 saturated carbocycles. The Hall–Kier alpha value is -4.43. The van der Waals surface area contributed by atoms with Gasteiger partial charge in [0.25, 0.3) is 5.91 Å². The van der Waals surface area contributed by atoms with E-state index >= 15 is 4.39 Å². The number of carbonyl (C=O) groups is 2. The fourth-order valence-electron chi connectivity index (χ4n) is 3.21. The van der Waals surface area contributed by atoms with Crippen LogP contribution in [0.25, 0.3) is 0 Å². The highest BCUT2D eigenvalue weighted by Crippen LogP contribution is 2.39. The van der Waals surface area contributed by atoms with Gasteiger partial charge in [-0.15, -0.1) is 13.2 Å². The Balaban J connectivity index is 2.09. The molecule has 0 aliphatic rings. The maximum Gasteiger partial charge on any atom is 0.573 e. The van der Waals surface area contributed by atoms with Crippen molar-refractivity contribution in [3.05, 3.63) is 76.1 Å². The van der Waals surface area contributed by atoms with E-state index in [0.29, 0.717) is 12.1 Å². The number of aryl methyl sites for hydroxylation is 1. The maximum atomic E-state index is 15.1. The SMILES string of the molecule is COC(=O)c1cc(NC(=O)c2c(Oc3ccc(OC(F)(F)F)c(F)c3C)ccc(C(F)(F)F)c2F)c(C)cn1. The number of rotatable bonds is 6. The van der Waals surface area contributed by atoms with E-state index < -0.39 is 70.0 Å². The highest BCUT2D eigenvalue weighted by molar-refractivity contribution is 6.07. The Bertz CT molecular complexity index is 1440. The second kappa shape index (κ2) is 10.7. The van der Waals surface area contributed by atoms with Crippen LogP contribution in [0.2, 0.25) is 0 Å². The Morgan fingerprint density at radius 3 is 2.10 bits per heavy atom. The van der Waals surface area contributed by atoms with Gasteiger partial charge in [0.15, 0.2) is 17.4 Å². The van der Waals surface area contributed by atoms with Gasteiger partial charge in [0.05, 0.1) is 12.7 Å². The Morgan fingerprint density at radius 1 is 0.897 bits per heavy atom. The molecular weight excluding hydrogens is 548 g/mol. The van der Waals surface area contributed by atoms with E-state index in [0.717, 1.165) is 32.4 Å². The fourth-order valence-corrected chi connectivity index (χ4v) is 3.21. The molecule has 0 fully saturated rings. The molecule has 3 rings (SSSR count). The quantitative estimate of drug-likeness (QED) is 0.264. The number of benzene rings is 2. The van der Waals surface area contributed by atoms with Crippen molar-refractivity contribution in [1.29, 1.82) is 0 Å². The first-order valence-corrected chi connectivity index (χ1v) is 10.5. The number of hydrogen-bond acceptors (Lipinski definition) is 6. The lowest BCUT2D eigenvalue weighted by atomic mass is 10.1. The summed E-state index contributed by atoms with van der Waals surface area (Å²) in [5.74, 6) is -8.55. The van der Waals surface area contributed by atoms with Crippen LogP contribution in [0.4, 0.5) is 40.8 Å². The minimum atomic E-state index is -5.24. The minimum Gasteiger partial charge on any atom is -0.464 e. The molecule has 3 aromatic rings. The Kier molecular flexibility index (Phi) is 8.03. The van der Waals surface area contributed by atoms with E-state index in [2.05, 4.69) is 19.8 Å². The lowest BCUT2D eigenvalue weighted by molar-refractivity contribution is -0.275. The number of aromatic nitrogens is 1. The number of amides is 1. The maximum absolute atomic E-state index is 15.1. The van der Waals surface area contributed by atoms with Gasteiger partial charge in [-0.25, -0.2) is 18.6 Å². The molecule has 1 amide bonds. The molecule has 1 aromatic heterocycles. The molecule has 0 aliphatic carbocycles. The van der Waals surface area contributed by atoms with Crippen LogP contribution in [0.15, 0.2) is 36.5 Å². The standard InChI is InChI=1S/C24H16F8N2O5/c1-10-9-33-14(22(36)37-3)8-13(10)34-21(35)18-16(5-4-12(20(18)26)23(27,28)29)38-15-6-7-17(19(25)11(15)2)39-24(30,31)32/h4-9H,1-3H3,(H,33,34,35). The molecular formula is C24H16F8N2O5. The highest BCUT2D eigenvalue weighted by atomic mass is 19.4. The highest BCUT2D eigenvalue weighted by Gasteiger charge is 2.38. The molecule has 208 valence electrons. The first-order valence-electron chi connectivity index (χ1n) is 10.5. The van der Waals surface area contributed by atoms with Crippen molar-refractivity contribution >= 4 is 17.6 Å². The van der Waals surface area contributed by atoms with Crippen LogP contribution in [0.5, 0.6) is 17.2 Å². The summed E-state index contributed by atoms with van der Waals surface area (Å²) in [5, 5.41) is 2.16. The van der Waals surface area contributed by atoms with Crippen molar-refractivity contribution in [3.63, 3.8) is 0 Å². The minimum absolute atomic E-state index is 0.144. The van der Waals surface area contributed by atoms with E-state index in [1.54, 1.807) is 0 Å². The van der Waals surface area contributed by atoms with Crippen LogP contribution in [0.3, 0.4) is 0 Å². The summed E-state index contributed by atoms with van der Waals surface area (Å²) in [6.07, 6.45) is -9.32. The summed E-state index contributed by atoms with van der Waals surface area (Å²) in [4.78, 5) is 28.6. The number of alkyl halides is 6. The molecule has 0 unspecified atom stereocenters.